The summed E-state index contributed by atoms with van der Waals surface area (Å²) in [5, 5.41) is 0. The van der Waals surface area contributed by atoms with Gasteiger partial charge in [-0.05, 0) is 10.5 Å². The first-order valence-electron chi connectivity index (χ1n) is 3.31. The van der Waals surface area contributed by atoms with Crippen LogP contribution in [0.5, 0.6) is 0 Å². The molecule has 0 aliphatic heterocycles. The van der Waals surface area contributed by atoms with Crippen LogP contribution in [-0.2, 0) is 6.42 Å². The summed E-state index contributed by atoms with van der Waals surface area (Å²) in [4.78, 5) is 1.89. The summed E-state index contributed by atoms with van der Waals surface area (Å²) in [5.41, 5.74) is 1.31. The van der Waals surface area contributed by atoms with Gasteiger partial charge >= 0.3 is 0 Å². The highest BCUT2D eigenvalue weighted by Gasteiger charge is 1.92. The molecule has 0 N–H and O–H groups in total. The van der Waals surface area contributed by atoms with E-state index >= 15 is 0 Å². The molecule has 0 unspecified atom stereocenters. The molecule has 0 spiro atoms. The summed E-state index contributed by atoms with van der Waals surface area (Å²) < 4.78 is 1.16. The normalized spacial score (nSPS) is 11.6. The first kappa shape index (κ1) is 9.01. The SMILES string of the molecule is Br/C=C(/Br)Cc1ccccc1. The van der Waals surface area contributed by atoms with Crippen LogP contribution < -0.4 is 0 Å². The fourth-order valence-corrected chi connectivity index (χ4v) is 1.32. The van der Waals surface area contributed by atoms with Gasteiger partial charge in [-0.1, -0.05) is 62.2 Å². The Morgan fingerprint density at radius 1 is 1.27 bits per heavy atom. The molecule has 0 aliphatic carbocycles. The van der Waals surface area contributed by atoms with Gasteiger partial charge in [0.1, 0.15) is 0 Å². The molecule has 0 aliphatic rings. The van der Waals surface area contributed by atoms with E-state index in [4.69, 9.17) is 0 Å². The van der Waals surface area contributed by atoms with Crippen LogP contribution in [0.15, 0.2) is 39.8 Å². The summed E-state index contributed by atoms with van der Waals surface area (Å²) in [6, 6.07) is 10.3. The minimum atomic E-state index is 0.950. The highest BCUT2D eigenvalue weighted by Crippen LogP contribution is 2.14. The van der Waals surface area contributed by atoms with Gasteiger partial charge in [0.05, 0.1) is 0 Å². The van der Waals surface area contributed by atoms with E-state index in [0.29, 0.717) is 0 Å². The van der Waals surface area contributed by atoms with Crippen LogP contribution in [0.2, 0.25) is 0 Å². The van der Waals surface area contributed by atoms with Crippen LogP contribution in [0.3, 0.4) is 0 Å². The van der Waals surface area contributed by atoms with E-state index in [1.54, 1.807) is 0 Å². The van der Waals surface area contributed by atoms with E-state index in [0.717, 1.165) is 10.9 Å². The van der Waals surface area contributed by atoms with E-state index in [2.05, 4.69) is 44.0 Å². The number of halogens is 2. The molecule has 0 atom stereocenters. The van der Waals surface area contributed by atoms with E-state index in [1.807, 2.05) is 23.2 Å². The van der Waals surface area contributed by atoms with E-state index in [1.165, 1.54) is 5.56 Å². The molecule has 0 fully saturated rings. The molecule has 0 saturated carbocycles. The van der Waals surface area contributed by atoms with Crippen molar-refractivity contribution in [3.05, 3.63) is 45.4 Å². The largest absolute Gasteiger partial charge is 0.0622 e. The number of rotatable bonds is 2. The van der Waals surface area contributed by atoms with Gasteiger partial charge in [-0.2, -0.15) is 0 Å². The Labute approximate surface area is 83.6 Å². The maximum Gasteiger partial charge on any atom is 0.00635 e. The van der Waals surface area contributed by atoms with Crippen molar-refractivity contribution >= 4 is 31.9 Å². The summed E-state index contributed by atoms with van der Waals surface area (Å²) in [6.07, 6.45) is 0.950. The molecule has 58 valence electrons. The smallest absolute Gasteiger partial charge is 0.00635 e. The fourth-order valence-electron chi connectivity index (χ4n) is 0.829. The lowest BCUT2D eigenvalue weighted by atomic mass is 10.2. The van der Waals surface area contributed by atoms with Crippen LogP contribution in [0.25, 0.3) is 0 Å². The molecule has 11 heavy (non-hydrogen) atoms. The second-order valence-corrected chi connectivity index (χ2v) is 3.69. The molecule has 0 aromatic heterocycles. The first-order chi connectivity index (χ1) is 5.33. The Kier molecular flexibility index (Phi) is 3.87. The zero-order valence-electron chi connectivity index (χ0n) is 5.93. The molecule has 0 bridgehead atoms. The average molecular weight is 276 g/mol. The maximum atomic E-state index is 3.43. The van der Waals surface area contributed by atoms with Crippen molar-refractivity contribution in [3.8, 4) is 0 Å². The van der Waals surface area contributed by atoms with Crippen molar-refractivity contribution in [3.63, 3.8) is 0 Å². The third-order valence-corrected chi connectivity index (χ3v) is 3.01. The summed E-state index contributed by atoms with van der Waals surface area (Å²) in [6.45, 7) is 0. The molecule has 1 aromatic rings. The van der Waals surface area contributed by atoms with Crippen molar-refractivity contribution in [2.75, 3.05) is 0 Å². The van der Waals surface area contributed by atoms with Gasteiger partial charge in [0.2, 0.25) is 0 Å². The second-order valence-electron chi connectivity index (χ2n) is 2.22. The van der Waals surface area contributed by atoms with Gasteiger partial charge in [-0.15, -0.1) is 0 Å². The lowest BCUT2D eigenvalue weighted by Crippen LogP contribution is -1.81. The fraction of sp³-hybridized carbons (Fsp3) is 0.111. The predicted molar refractivity (Wildman–Crippen MR) is 56.1 cm³/mol. The van der Waals surface area contributed by atoms with E-state index in [9.17, 15) is 0 Å². The lowest BCUT2D eigenvalue weighted by molar-refractivity contribution is 1.26. The number of hydrogen-bond donors (Lipinski definition) is 0. The van der Waals surface area contributed by atoms with E-state index < -0.39 is 0 Å². The summed E-state index contributed by atoms with van der Waals surface area (Å²) >= 11 is 6.69. The molecule has 0 saturated heterocycles. The molecule has 0 nitrogen and oxygen atoms in total. The Morgan fingerprint density at radius 2 is 1.91 bits per heavy atom. The molecule has 0 heterocycles. The van der Waals surface area contributed by atoms with Crippen LogP contribution in [-0.4, -0.2) is 0 Å². The van der Waals surface area contributed by atoms with Crippen molar-refractivity contribution in [1.29, 1.82) is 0 Å². The van der Waals surface area contributed by atoms with Crippen LogP contribution in [0, 0.1) is 0 Å². The van der Waals surface area contributed by atoms with Crippen LogP contribution in [0.4, 0.5) is 0 Å². The second kappa shape index (κ2) is 4.73. The number of benzene rings is 1. The minimum Gasteiger partial charge on any atom is -0.0622 e. The summed E-state index contributed by atoms with van der Waals surface area (Å²) in [7, 11) is 0. The predicted octanol–water partition coefficient (Wildman–Crippen LogP) is 3.86. The number of hydrogen-bond acceptors (Lipinski definition) is 0. The Balaban J connectivity index is 2.65. The molecular weight excluding hydrogens is 268 g/mol. The molecule has 2 heteroatoms. The van der Waals surface area contributed by atoms with Crippen molar-refractivity contribution < 1.29 is 0 Å². The van der Waals surface area contributed by atoms with Crippen LogP contribution >= 0.6 is 31.9 Å². The van der Waals surface area contributed by atoms with Gasteiger partial charge in [-0.25, -0.2) is 0 Å². The van der Waals surface area contributed by atoms with Crippen molar-refractivity contribution in [2.24, 2.45) is 0 Å². The van der Waals surface area contributed by atoms with Gasteiger partial charge < -0.3 is 0 Å². The molecular formula is C9H8Br2. The maximum absolute atomic E-state index is 3.43. The van der Waals surface area contributed by atoms with Crippen molar-refractivity contribution in [1.82, 2.24) is 0 Å². The Morgan fingerprint density at radius 3 is 2.45 bits per heavy atom. The van der Waals surface area contributed by atoms with Gasteiger partial charge in [-0.3, -0.25) is 0 Å². The van der Waals surface area contributed by atoms with E-state index in [-0.39, 0.29) is 0 Å². The third-order valence-electron chi connectivity index (χ3n) is 1.33. The van der Waals surface area contributed by atoms with Crippen molar-refractivity contribution in [2.45, 2.75) is 6.42 Å². The molecule has 0 radical (unpaired) electrons. The molecule has 1 aromatic carbocycles. The van der Waals surface area contributed by atoms with Gasteiger partial charge in [0.15, 0.2) is 0 Å². The average Bonchev–Trinajstić information content (AvgIpc) is 2.06. The zero-order valence-corrected chi connectivity index (χ0v) is 9.10. The third kappa shape index (κ3) is 3.21. The van der Waals surface area contributed by atoms with Gasteiger partial charge in [0.25, 0.3) is 0 Å². The first-order valence-corrected chi connectivity index (χ1v) is 5.02. The Bertz CT molecular complexity index is 239. The molecule has 0 amide bonds. The molecule has 1 rings (SSSR count). The summed E-state index contributed by atoms with van der Waals surface area (Å²) in [5.74, 6) is 0. The highest BCUT2D eigenvalue weighted by molar-refractivity contribution is 9.14. The topological polar surface area (TPSA) is 0 Å². The lowest BCUT2D eigenvalue weighted by Gasteiger charge is -1.97. The minimum absolute atomic E-state index is 0.950. The van der Waals surface area contributed by atoms with Gasteiger partial charge in [0, 0.05) is 10.9 Å². The quantitative estimate of drug-likeness (QED) is 0.769. The monoisotopic (exact) mass is 274 g/mol. The highest BCUT2D eigenvalue weighted by atomic mass is 79.9. The number of allylic oxidation sites excluding steroid dienone is 1. The standard InChI is InChI=1S/C9H8Br2/c10-7-9(11)6-8-4-2-1-3-5-8/h1-5,7H,6H2/b9-7+. The zero-order chi connectivity index (χ0) is 8.10. The Hall–Kier alpha value is -0.0800. The van der Waals surface area contributed by atoms with Crippen LogP contribution in [0.1, 0.15) is 5.56 Å².